The van der Waals surface area contributed by atoms with Crippen molar-refractivity contribution in [3.05, 3.63) is 53.3 Å². The maximum absolute atomic E-state index is 11.4. The lowest BCUT2D eigenvalue weighted by atomic mass is 10.0. The third-order valence-electron chi connectivity index (χ3n) is 2.53. The van der Waals surface area contributed by atoms with E-state index in [1.807, 2.05) is 18.2 Å². The lowest BCUT2D eigenvalue weighted by Crippen LogP contribution is -2.04. The first-order valence-electron chi connectivity index (χ1n) is 5.95. The summed E-state index contributed by atoms with van der Waals surface area (Å²) in [5.41, 5.74) is 4.49. The Hall–Kier alpha value is -1.83. The number of aliphatic hydroxyl groups is 1. The summed E-state index contributed by atoms with van der Waals surface area (Å²) < 4.78 is 4.67. The predicted molar refractivity (Wildman–Crippen MR) is 70.1 cm³/mol. The number of carbonyl (C=O) groups excluding carboxylic acids is 1. The van der Waals surface area contributed by atoms with Crippen LogP contribution in [0.2, 0.25) is 0 Å². The summed E-state index contributed by atoms with van der Waals surface area (Å²) in [6.07, 6.45) is 3.77. The van der Waals surface area contributed by atoms with E-state index in [9.17, 15) is 4.79 Å². The van der Waals surface area contributed by atoms with Gasteiger partial charge in [-0.1, -0.05) is 30.3 Å². The van der Waals surface area contributed by atoms with Gasteiger partial charge in [0.2, 0.25) is 0 Å². The molecule has 18 heavy (non-hydrogen) atoms. The first-order valence-corrected chi connectivity index (χ1v) is 5.95. The fourth-order valence-corrected chi connectivity index (χ4v) is 1.64. The molecule has 3 heteroatoms. The minimum absolute atomic E-state index is 0.126. The van der Waals surface area contributed by atoms with Crippen molar-refractivity contribution in [3.8, 4) is 0 Å². The molecule has 0 amide bonds. The number of hydrogen-bond donors (Lipinski definition) is 1. The number of carbonyl (C=O) groups is 1. The Kier molecular flexibility index (Phi) is 6.55. The molecule has 0 aliphatic carbocycles. The zero-order valence-corrected chi connectivity index (χ0v) is 10.6. The van der Waals surface area contributed by atoms with Crippen LogP contribution in [0.4, 0.5) is 0 Å². The van der Waals surface area contributed by atoms with Gasteiger partial charge in [-0.3, -0.25) is 0 Å². The van der Waals surface area contributed by atoms with Crippen LogP contribution in [0.15, 0.2) is 47.7 Å². The van der Waals surface area contributed by atoms with Gasteiger partial charge in [0.1, 0.15) is 0 Å². The molecule has 0 bridgehead atoms. The number of ether oxygens (including phenoxy) is 1. The molecule has 0 aromatic heterocycles. The van der Waals surface area contributed by atoms with Crippen LogP contribution >= 0.6 is 0 Å². The number of rotatable bonds is 6. The van der Waals surface area contributed by atoms with E-state index in [0.717, 1.165) is 12.8 Å². The van der Waals surface area contributed by atoms with Crippen molar-refractivity contribution in [2.75, 3.05) is 13.7 Å². The van der Waals surface area contributed by atoms with Crippen LogP contribution in [0.5, 0.6) is 0 Å². The van der Waals surface area contributed by atoms with Crippen molar-refractivity contribution < 1.29 is 14.6 Å². The molecule has 0 unspecified atom stereocenters. The van der Waals surface area contributed by atoms with E-state index in [2.05, 4.69) is 22.6 Å². The van der Waals surface area contributed by atoms with Crippen LogP contribution in [-0.4, -0.2) is 24.8 Å². The Balaban J connectivity index is 2.53. The monoisotopic (exact) mass is 246 g/mol. The average Bonchev–Trinajstić information content (AvgIpc) is 2.43. The van der Waals surface area contributed by atoms with Gasteiger partial charge in [0, 0.05) is 0 Å². The van der Waals surface area contributed by atoms with Crippen molar-refractivity contribution in [2.45, 2.75) is 19.3 Å². The maximum atomic E-state index is 11.4. The third kappa shape index (κ3) is 5.00. The average molecular weight is 246 g/mol. The molecular formula is C15H18O3. The molecule has 1 aromatic rings. The number of aryl methyl sites for hydroxylation is 1. The molecule has 0 saturated carbocycles. The summed E-state index contributed by atoms with van der Waals surface area (Å²) in [5, 5.41) is 8.69. The second kappa shape index (κ2) is 8.29. The summed E-state index contributed by atoms with van der Waals surface area (Å²) in [5.74, 6) is -0.382. The molecule has 3 nitrogen and oxygen atoms in total. The van der Waals surface area contributed by atoms with Crippen molar-refractivity contribution >= 4 is 5.97 Å². The summed E-state index contributed by atoms with van der Waals surface area (Å²) >= 11 is 0. The lowest BCUT2D eigenvalue weighted by molar-refractivity contribution is -0.136. The van der Waals surface area contributed by atoms with E-state index in [1.165, 1.54) is 18.7 Å². The topological polar surface area (TPSA) is 46.5 Å². The summed E-state index contributed by atoms with van der Waals surface area (Å²) in [6, 6.07) is 10.1. The fraction of sp³-hybridized carbons (Fsp3) is 0.333. The summed E-state index contributed by atoms with van der Waals surface area (Å²) in [4.78, 5) is 11.4. The summed E-state index contributed by atoms with van der Waals surface area (Å²) in [7, 11) is 1.35. The minimum Gasteiger partial charge on any atom is -0.465 e. The highest BCUT2D eigenvalue weighted by atomic mass is 16.5. The van der Waals surface area contributed by atoms with Crippen molar-refractivity contribution in [3.63, 3.8) is 0 Å². The highest BCUT2D eigenvalue weighted by Crippen LogP contribution is 2.10. The highest BCUT2D eigenvalue weighted by molar-refractivity contribution is 5.88. The van der Waals surface area contributed by atoms with Crippen LogP contribution in [0.25, 0.3) is 0 Å². The Labute approximate surface area is 107 Å². The third-order valence-corrected chi connectivity index (χ3v) is 2.53. The van der Waals surface area contributed by atoms with Crippen LogP contribution in [0, 0.1) is 0 Å². The zero-order chi connectivity index (χ0) is 13.2. The van der Waals surface area contributed by atoms with E-state index in [0.29, 0.717) is 12.0 Å². The van der Waals surface area contributed by atoms with Gasteiger partial charge in [0.25, 0.3) is 0 Å². The van der Waals surface area contributed by atoms with E-state index in [-0.39, 0.29) is 12.6 Å². The van der Waals surface area contributed by atoms with Gasteiger partial charge in [-0.2, -0.15) is 0 Å². The van der Waals surface area contributed by atoms with Crippen molar-refractivity contribution in [2.24, 2.45) is 0 Å². The van der Waals surface area contributed by atoms with Gasteiger partial charge < -0.3 is 9.84 Å². The van der Waals surface area contributed by atoms with Gasteiger partial charge in [-0.15, -0.1) is 5.73 Å². The molecule has 0 aliphatic rings. The quantitative estimate of drug-likeness (QED) is 0.476. The Bertz CT molecular complexity index is 428. The molecule has 0 radical (unpaired) electrons. The molecule has 0 atom stereocenters. The Morgan fingerprint density at radius 3 is 2.72 bits per heavy atom. The molecule has 0 spiro atoms. The normalized spacial score (nSPS) is 9.44. The summed E-state index contributed by atoms with van der Waals surface area (Å²) in [6.45, 7) is -0.126. The second-order valence-corrected chi connectivity index (χ2v) is 3.84. The Morgan fingerprint density at radius 1 is 1.39 bits per heavy atom. The maximum Gasteiger partial charge on any atom is 0.341 e. The van der Waals surface area contributed by atoms with E-state index in [1.54, 1.807) is 0 Å². The molecule has 0 fully saturated rings. The van der Waals surface area contributed by atoms with Gasteiger partial charge in [-0.25, -0.2) is 4.79 Å². The molecule has 0 aliphatic heterocycles. The van der Waals surface area contributed by atoms with Crippen LogP contribution in [0.3, 0.4) is 0 Å². The second-order valence-electron chi connectivity index (χ2n) is 3.84. The van der Waals surface area contributed by atoms with Crippen molar-refractivity contribution in [1.82, 2.24) is 0 Å². The number of aliphatic hydroxyl groups excluding tert-OH is 1. The van der Waals surface area contributed by atoms with Crippen LogP contribution < -0.4 is 0 Å². The molecule has 1 N–H and O–H groups in total. The molecule has 96 valence electrons. The fourth-order valence-electron chi connectivity index (χ4n) is 1.64. The highest BCUT2D eigenvalue weighted by Gasteiger charge is 2.08. The number of benzene rings is 1. The first-order chi connectivity index (χ1) is 8.77. The van der Waals surface area contributed by atoms with Gasteiger partial charge in [0.15, 0.2) is 0 Å². The van der Waals surface area contributed by atoms with E-state index >= 15 is 0 Å². The molecule has 0 heterocycles. The Morgan fingerprint density at radius 2 is 2.11 bits per heavy atom. The van der Waals surface area contributed by atoms with E-state index in [4.69, 9.17) is 5.11 Å². The molecule has 1 rings (SSSR count). The van der Waals surface area contributed by atoms with Crippen molar-refractivity contribution in [1.29, 1.82) is 0 Å². The molecule has 0 saturated heterocycles. The number of hydrogen-bond acceptors (Lipinski definition) is 3. The predicted octanol–water partition coefficient (Wildman–Crippen LogP) is 2.26. The largest absolute Gasteiger partial charge is 0.465 e. The van der Waals surface area contributed by atoms with Gasteiger partial charge in [0.05, 0.1) is 19.3 Å². The SMILES string of the molecule is COC(=O)C(=C=CCO)CCCc1ccccc1. The van der Waals surface area contributed by atoms with Gasteiger partial charge in [-0.05, 0) is 30.9 Å². The minimum atomic E-state index is -0.382. The van der Waals surface area contributed by atoms with E-state index < -0.39 is 0 Å². The zero-order valence-electron chi connectivity index (χ0n) is 10.6. The van der Waals surface area contributed by atoms with Crippen LogP contribution in [0.1, 0.15) is 18.4 Å². The van der Waals surface area contributed by atoms with Gasteiger partial charge >= 0.3 is 5.97 Å². The number of esters is 1. The number of methoxy groups -OCH3 is 1. The lowest BCUT2D eigenvalue weighted by Gasteiger charge is -2.03. The van der Waals surface area contributed by atoms with Crippen LogP contribution in [-0.2, 0) is 16.0 Å². The molecular weight excluding hydrogens is 228 g/mol. The molecule has 1 aromatic carbocycles. The first kappa shape index (κ1) is 14.2. The standard InChI is InChI=1S/C15H18O3/c1-18-15(17)14(11-6-12-16)10-5-9-13-7-3-2-4-8-13/h2-4,6-8,16H,5,9-10,12H2,1H3. The smallest absolute Gasteiger partial charge is 0.341 e.